The van der Waals surface area contributed by atoms with Crippen LogP contribution in [0.5, 0.6) is 0 Å². The SMILES string of the molecule is CNc1cc(Sc2cc(C)cc(C)n2)nc(C2CC2)n1. The van der Waals surface area contributed by atoms with Crippen molar-refractivity contribution in [2.45, 2.75) is 42.7 Å². The van der Waals surface area contributed by atoms with Gasteiger partial charge in [-0.05, 0) is 56.1 Å². The lowest BCUT2D eigenvalue weighted by Crippen LogP contribution is -2.00. The Bertz CT molecular complexity index is 618. The fourth-order valence-electron chi connectivity index (χ4n) is 2.11. The standard InChI is InChI=1S/C15H18N4S/c1-9-6-10(2)17-13(7-9)20-14-8-12(16-3)18-15(19-14)11-4-5-11/h6-8,11H,4-5H2,1-3H3,(H,16,18,19). The number of nitrogens with zero attached hydrogens (tertiary/aromatic N) is 3. The number of pyridine rings is 1. The van der Waals surface area contributed by atoms with Gasteiger partial charge in [0.15, 0.2) is 0 Å². The molecule has 2 aromatic rings. The molecule has 2 heterocycles. The van der Waals surface area contributed by atoms with Crippen molar-refractivity contribution in [2.24, 2.45) is 0 Å². The second-order valence-electron chi connectivity index (χ2n) is 5.20. The molecule has 1 aliphatic rings. The highest BCUT2D eigenvalue weighted by Crippen LogP contribution is 2.39. The first-order chi connectivity index (χ1) is 9.64. The van der Waals surface area contributed by atoms with Crippen LogP contribution in [-0.4, -0.2) is 22.0 Å². The van der Waals surface area contributed by atoms with E-state index < -0.39 is 0 Å². The zero-order valence-electron chi connectivity index (χ0n) is 12.0. The summed E-state index contributed by atoms with van der Waals surface area (Å²) in [4.78, 5) is 13.8. The van der Waals surface area contributed by atoms with Gasteiger partial charge in [0, 0.05) is 24.7 Å². The van der Waals surface area contributed by atoms with Crippen LogP contribution in [0.15, 0.2) is 28.3 Å². The Morgan fingerprint density at radius 1 is 1.05 bits per heavy atom. The average molecular weight is 286 g/mol. The lowest BCUT2D eigenvalue weighted by molar-refractivity contribution is 0.879. The summed E-state index contributed by atoms with van der Waals surface area (Å²) in [5.41, 5.74) is 2.27. The summed E-state index contributed by atoms with van der Waals surface area (Å²) in [7, 11) is 1.89. The van der Waals surface area contributed by atoms with Crippen molar-refractivity contribution < 1.29 is 0 Å². The average Bonchev–Trinajstić information content (AvgIpc) is 3.21. The lowest BCUT2D eigenvalue weighted by atomic mass is 10.3. The second-order valence-corrected chi connectivity index (χ2v) is 6.24. The van der Waals surface area contributed by atoms with Gasteiger partial charge < -0.3 is 5.32 Å². The highest BCUT2D eigenvalue weighted by molar-refractivity contribution is 7.99. The number of anilines is 1. The zero-order chi connectivity index (χ0) is 14.1. The van der Waals surface area contributed by atoms with Gasteiger partial charge in [0.05, 0.1) is 0 Å². The maximum atomic E-state index is 4.67. The van der Waals surface area contributed by atoms with Gasteiger partial charge in [-0.2, -0.15) is 0 Å². The lowest BCUT2D eigenvalue weighted by Gasteiger charge is -2.07. The first-order valence-corrected chi connectivity index (χ1v) is 7.65. The number of nitrogens with one attached hydrogen (secondary N) is 1. The summed E-state index contributed by atoms with van der Waals surface area (Å²) in [5.74, 6) is 2.40. The number of rotatable bonds is 4. The molecule has 5 heteroatoms. The Morgan fingerprint density at radius 2 is 1.80 bits per heavy atom. The Morgan fingerprint density at radius 3 is 2.45 bits per heavy atom. The Kier molecular flexibility index (Phi) is 3.61. The molecule has 20 heavy (non-hydrogen) atoms. The minimum absolute atomic E-state index is 0.551. The topological polar surface area (TPSA) is 50.7 Å². The van der Waals surface area contributed by atoms with Crippen molar-refractivity contribution in [1.29, 1.82) is 0 Å². The van der Waals surface area contributed by atoms with Crippen molar-refractivity contribution in [3.05, 3.63) is 35.3 Å². The third-order valence-electron chi connectivity index (χ3n) is 3.20. The van der Waals surface area contributed by atoms with E-state index in [9.17, 15) is 0 Å². The molecule has 104 valence electrons. The Labute approximate surface area is 123 Å². The summed E-state index contributed by atoms with van der Waals surface area (Å²) in [6, 6.07) is 6.16. The fraction of sp³-hybridized carbons (Fsp3) is 0.400. The van der Waals surface area contributed by atoms with Crippen LogP contribution in [0, 0.1) is 13.8 Å². The van der Waals surface area contributed by atoms with E-state index in [-0.39, 0.29) is 0 Å². The largest absolute Gasteiger partial charge is 0.373 e. The minimum atomic E-state index is 0.551. The third kappa shape index (κ3) is 3.10. The maximum Gasteiger partial charge on any atom is 0.135 e. The predicted molar refractivity (Wildman–Crippen MR) is 81.4 cm³/mol. The number of aryl methyl sites for hydroxylation is 2. The van der Waals surface area contributed by atoms with Crippen LogP contribution in [0.4, 0.5) is 5.82 Å². The maximum absolute atomic E-state index is 4.67. The van der Waals surface area contributed by atoms with E-state index in [2.05, 4.69) is 39.3 Å². The molecule has 0 radical (unpaired) electrons. The Balaban J connectivity index is 1.90. The molecule has 4 nitrogen and oxygen atoms in total. The normalized spacial score (nSPS) is 14.3. The summed E-state index contributed by atoms with van der Waals surface area (Å²) in [6.07, 6.45) is 2.41. The highest BCUT2D eigenvalue weighted by atomic mass is 32.2. The molecular weight excluding hydrogens is 268 g/mol. The van der Waals surface area contributed by atoms with Crippen molar-refractivity contribution in [3.8, 4) is 0 Å². The molecule has 2 aromatic heterocycles. The molecule has 0 bridgehead atoms. The zero-order valence-corrected chi connectivity index (χ0v) is 12.8. The summed E-state index contributed by atoms with van der Waals surface area (Å²) in [5, 5.41) is 5.07. The van der Waals surface area contributed by atoms with Crippen LogP contribution in [0.2, 0.25) is 0 Å². The molecule has 0 amide bonds. The molecule has 1 saturated carbocycles. The van der Waals surface area contributed by atoms with Gasteiger partial charge in [0.25, 0.3) is 0 Å². The molecule has 1 aliphatic carbocycles. The van der Waals surface area contributed by atoms with Crippen LogP contribution in [0.1, 0.15) is 35.8 Å². The van der Waals surface area contributed by atoms with Crippen LogP contribution < -0.4 is 5.32 Å². The molecule has 0 atom stereocenters. The predicted octanol–water partition coefficient (Wildman–Crippen LogP) is 3.56. The van der Waals surface area contributed by atoms with Crippen molar-refractivity contribution in [3.63, 3.8) is 0 Å². The van der Waals surface area contributed by atoms with Crippen LogP contribution in [-0.2, 0) is 0 Å². The third-order valence-corrected chi connectivity index (χ3v) is 4.04. The van der Waals surface area contributed by atoms with E-state index in [0.29, 0.717) is 5.92 Å². The van der Waals surface area contributed by atoms with Crippen LogP contribution in [0.25, 0.3) is 0 Å². The smallest absolute Gasteiger partial charge is 0.135 e. The molecule has 1 fully saturated rings. The molecule has 0 unspecified atom stereocenters. The van der Waals surface area contributed by atoms with Gasteiger partial charge in [-0.3, -0.25) is 0 Å². The van der Waals surface area contributed by atoms with Crippen molar-refractivity contribution in [2.75, 3.05) is 12.4 Å². The summed E-state index contributed by atoms with van der Waals surface area (Å²) >= 11 is 1.60. The number of hydrogen-bond acceptors (Lipinski definition) is 5. The van der Waals surface area contributed by atoms with Gasteiger partial charge in [0.1, 0.15) is 21.7 Å². The second kappa shape index (κ2) is 5.40. The van der Waals surface area contributed by atoms with Crippen LogP contribution in [0.3, 0.4) is 0 Å². The minimum Gasteiger partial charge on any atom is -0.373 e. The monoisotopic (exact) mass is 286 g/mol. The molecule has 0 aromatic carbocycles. The van der Waals surface area contributed by atoms with Crippen LogP contribution >= 0.6 is 11.8 Å². The van der Waals surface area contributed by atoms with E-state index in [1.165, 1.54) is 18.4 Å². The summed E-state index contributed by atoms with van der Waals surface area (Å²) < 4.78 is 0. The molecule has 0 spiro atoms. The summed E-state index contributed by atoms with van der Waals surface area (Å²) in [6.45, 7) is 4.11. The number of hydrogen-bond donors (Lipinski definition) is 1. The fourth-order valence-corrected chi connectivity index (χ4v) is 3.07. The first-order valence-electron chi connectivity index (χ1n) is 6.84. The van der Waals surface area contributed by atoms with E-state index in [1.807, 2.05) is 20.0 Å². The Hall–Kier alpha value is -1.62. The molecule has 1 N–H and O–H groups in total. The molecular formula is C15H18N4S. The molecule has 0 aliphatic heterocycles. The van der Waals surface area contributed by atoms with E-state index >= 15 is 0 Å². The van der Waals surface area contributed by atoms with E-state index in [1.54, 1.807) is 11.8 Å². The highest BCUT2D eigenvalue weighted by Gasteiger charge is 2.27. The first kappa shape index (κ1) is 13.4. The van der Waals surface area contributed by atoms with Gasteiger partial charge >= 0.3 is 0 Å². The van der Waals surface area contributed by atoms with Crippen molar-refractivity contribution >= 4 is 17.6 Å². The van der Waals surface area contributed by atoms with Gasteiger partial charge in [-0.1, -0.05) is 0 Å². The van der Waals surface area contributed by atoms with Crippen molar-refractivity contribution in [1.82, 2.24) is 15.0 Å². The quantitative estimate of drug-likeness (QED) is 0.871. The molecule has 3 rings (SSSR count). The van der Waals surface area contributed by atoms with Gasteiger partial charge in [-0.15, -0.1) is 0 Å². The molecule has 0 saturated heterocycles. The van der Waals surface area contributed by atoms with Gasteiger partial charge in [-0.25, -0.2) is 15.0 Å². The van der Waals surface area contributed by atoms with E-state index in [0.717, 1.165) is 27.4 Å². The van der Waals surface area contributed by atoms with E-state index in [4.69, 9.17) is 0 Å². The van der Waals surface area contributed by atoms with Gasteiger partial charge in [0.2, 0.25) is 0 Å². The number of aromatic nitrogens is 3.